The molecule has 0 radical (unpaired) electrons. The number of para-hydroxylation sites is 2. The first-order chi connectivity index (χ1) is 26.4. The van der Waals surface area contributed by atoms with Crippen LogP contribution in [0.3, 0.4) is 0 Å². The number of rotatable bonds is 6. The standard InChI is InChI=1S/C50H38N2S2/c1-5-32-31-53-48-37(32)19-13-22-45(48)52(46-23-14-20-39-38-18-10-12-24-47(38)54-49(39)46)42-21-11-9-17-36(42)33-25-27-43-40(29-33)41-30-34(50(2,3)4)26-28-44(41)51(43)35-15-7-6-8-16-35/h5-31H,1H2,2-4H3. The zero-order valence-corrected chi connectivity index (χ0v) is 32.1. The highest BCUT2D eigenvalue weighted by Gasteiger charge is 2.24. The second-order valence-electron chi connectivity index (χ2n) is 15.0. The molecule has 0 spiro atoms. The zero-order valence-electron chi connectivity index (χ0n) is 30.5. The third-order valence-corrected chi connectivity index (χ3v) is 13.0. The third-order valence-electron chi connectivity index (χ3n) is 10.8. The van der Waals surface area contributed by atoms with E-state index >= 15 is 0 Å². The molecule has 2 nitrogen and oxygen atoms in total. The van der Waals surface area contributed by atoms with Crippen LogP contribution in [0, 0.1) is 0 Å². The SMILES string of the molecule is C=Cc1csc2c(N(c3ccccc3-c3ccc4c(c3)c3cc(C(C)(C)C)ccc3n4-c3ccccc3)c3cccc4c3sc3ccccc34)cccc12. The first-order valence-corrected chi connectivity index (χ1v) is 20.2. The summed E-state index contributed by atoms with van der Waals surface area (Å²) in [4.78, 5) is 2.51. The molecule has 7 aromatic carbocycles. The molecule has 10 rings (SSSR count). The predicted molar refractivity (Wildman–Crippen MR) is 238 cm³/mol. The van der Waals surface area contributed by atoms with Gasteiger partial charge in [0.2, 0.25) is 0 Å². The molecule has 0 saturated carbocycles. The summed E-state index contributed by atoms with van der Waals surface area (Å²) in [7, 11) is 0. The van der Waals surface area contributed by atoms with Gasteiger partial charge in [0.15, 0.2) is 0 Å². The Balaban J connectivity index is 1.26. The fourth-order valence-electron chi connectivity index (χ4n) is 8.12. The maximum Gasteiger partial charge on any atom is 0.0641 e. The van der Waals surface area contributed by atoms with Crippen molar-refractivity contribution in [1.29, 1.82) is 0 Å². The summed E-state index contributed by atoms with van der Waals surface area (Å²) < 4.78 is 6.24. The molecule has 0 saturated heterocycles. The highest BCUT2D eigenvalue weighted by Crippen LogP contribution is 2.50. The van der Waals surface area contributed by atoms with Gasteiger partial charge in [0.05, 0.1) is 37.5 Å². The van der Waals surface area contributed by atoms with Crippen molar-refractivity contribution in [3.05, 3.63) is 175 Å². The fourth-order valence-corrected chi connectivity index (χ4v) is 10.4. The molecule has 0 aliphatic rings. The van der Waals surface area contributed by atoms with Crippen LogP contribution < -0.4 is 4.90 Å². The fraction of sp³-hybridized carbons (Fsp3) is 0.0800. The minimum atomic E-state index is 0.0297. The van der Waals surface area contributed by atoms with Crippen LogP contribution in [0.1, 0.15) is 31.9 Å². The van der Waals surface area contributed by atoms with E-state index in [1.54, 1.807) is 11.3 Å². The maximum atomic E-state index is 4.14. The summed E-state index contributed by atoms with van der Waals surface area (Å²) in [6, 6.07) is 56.0. The monoisotopic (exact) mass is 730 g/mol. The lowest BCUT2D eigenvalue weighted by Crippen LogP contribution is -2.11. The van der Waals surface area contributed by atoms with Crippen LogP contribution in [-0.2, 0) is 5.41 Å². The van der Waals surface area contributed by atoms with Crippen LogP contribution >= 0.6 is 22.7 Å². The molecule has 0 aliphatic carbocycles. The van der Waals surface area contributed by atoms with E-state index in [1.807, 2.05) is 17.4 Å². The van der Waals surface area contributed by atoms with Gasteiger partial charge in [0, 0.05) is 42.9 Å². The zero-order chi connectivity index (χ0) is 36.6. The van der Waals surface area contributed by atoms with Gasteiger partial charge in [-0.1, -0.05) is 124 Å². The lowest BCUT2D eigenvalue weighted by atomic mass is 9.86. The Bertz CT molecular complexity index is 3060. The summed E-state index contributed by atoms with van der Waals surface area (Å²) in [6.07, 6.45) is 1.97. The van der Waals surface area contributed by atoms with E-state index in [0.717, 1.165) is 5.69 Å². The third kappa shape index (κ3) is 5.13. The molecule has 0 unspecified atom stereocenters. The molecule has 0 bridgehead atoms. The van der Waals surface area contributed by atoms with Gasteiger partial charge >= 0.3 is 0 Å². The van der Waals surface area contributed by atoms with Crippen LogP contribution in [0.4, 0.5) is 17.1 Å². The minimum absolute atomic E-state index is 0.0297. The average molecular weight is 731 g/mol. The molecule has 4 heteroatoms. The van der Waals surface area contributed by atoms with Gasteiger partial charge in [0.1, 0.15) is 0 Å². The smallest absolute Gasteiger partial charge is 0.0641 e. The topological polar surface area (TPSA) is 8.17 Å². The van der Waals surface area contributed by atoms with Crippen LogP contribution in [0.2, 0.25) is 0 Å². The molecule has 0 fully saturated rings. The van der Waals surface area contributed by atoms with E-state index in [4.69, 9.17) is 0 Å². The molecular weight excluding hydrogens is 693 g/mol. The molecule has 10 aromatic rings. The lowest BCUT2D eigenvalue weighted by Gasteiger charge is -2.29. The number of fused-ring (bicyclic) bond motifs is 7. The average Bonchev–Trinajstić information content (AvgIpc) is 3.90. The van der Waals surface area contributed by atoms with E-state index in [9.17, 15) is 0 Å². The maximum absolute atomic E-state index is 4.14. The van der Waals surface area contributed by atoms with Crippen molar-refractivity contribution < 1.29 is 0 Å². The number of aromatic nitrogens is 1. The van der Waals surface area contributed by atoms with E-state index in [1.165, 1.54) is 91.4 Å². The van der Waals surface area contributed by atoms with Crippen LogP contribution in [-0.4, -0.2) is 4.57 Å². The van der Waals surface area contributed by atoms with E-state index in [2.05, 4.69) is 194 Å². The molecule has 0 amide bonds. The number of anilines is 3. The summed E-state index contributed by atoms with van der Waals surface area (Å²) >= 11 is 3.66. The van der Waals surface area contributed by atoms with Crippen molar-refractivity contribution in [2.75, 3.05) is 4.90 Å². The Labute approximate surface area is 323 Å². The molecule has 0 N–H and O–H groups in total. The van der Waals surface area contributed by atoms with Crippen molar-refractivity contribution >= 4 is 97.9 Å². The van der Waals surface area contributed by atoms with Crippen LogP contribution in [0.25, 0.3) is 75.0 Å². The van der Waals surface area contributed by atoms with Crippen molar-refractivity contribution in [2.24, 2.45) is 0 Å². The quantitative estimate of drug-likeness (QED) is 0.165. The Hall–Kier alpha value is -5.94. The number of hydrogen-bond acceptors (Lipinski definition) is 3. The first-order valence-electron chi connectivity index (χ1n) is 18.5. The highest BCUT2D eigenvalue weighted by atomic mass is 32.1. The predicted octanol–water partition coefficient (Wildman–Crippen LogP) is 15.4. The molecule has 260 valence electrons. The molecule has 0 atom stereocenters. The van der Waals surface area contributed by atoms with Gasteiger partial charge in [-0.05, 0) is 88.1 Å². The second-order valence-corrected chi connectivity index (χ2v) is 17.0. The summed E-state index contributed by atoms with van der Waals surface area (Å²) in [5.41, 5.74) is 12.0. The number of thiophene rings is 2. The van der Waals surface area contributed by atoms with E-state index in [-0.39, 0.29) is 5.41 Å². The largest absolute Gasteiger partial charge is 0.309 e. The summed E-state index contributed by atoms with van der Waals surface area (Å²) in [5, 5.41) is 8.56. The Morgan fingerprint density at radius 1 is 0.574 bits per heavy atom. The summed E-state index contributed by atoms with van der Waals surface area (Å²) in [6.45, 7) is 11.0. The first kappa shape index (κ1) is 32.7. The number of hydrogen-bond donors (Lipinski definition) is 0. The van der Waals surface area contributed by atoms with Crippen molar-refractivity contribution in [1.82, 2.24) is 4.57 Å². The lowest BCUT2D eigenvalue weighted by molar-refractivity contribution is 0.591. The molecule has 0 aliphatic heterocycles. The molecular formula is C50H38N2S2. The van der Waals surface area contributed by atoms with Gasteiger partial charge in [0.25, 0.3) is 0 Å². The van der Waals surface area contributed by atoms with Crippen molar-refractivity contribution in [3.63, 3.8) is 0 Å². The normalized spacial score (nSPS) is 12.1. The molecule has 3 heterocycles. The van der Waals surface area contributed by atoms with Gasteiger partial charge in [-0.3, -0.25) is 0 Å². The van der Waals surface area contributed by atoms with Gasteiger partial charge in [-0.15, -0.1) is 22.7 Å². The van der Waals surface area contributed by atoms with Gasteiger partial charge in [-0.2, -0.15) is 0 Å². The number of benzene rings is 7. The number of nitrogens with zero attached hydrogens (tertiary/aromatic N) is 2. The Morgan fingerprint density at radius 3 is 2.02 bits per heavy atom. The van der Waals surface area contributed by atoms with Crippen LogP contribution in [0.5, 0.6) is 0 Å². The molecule has 3 aromatic heterocycles. The van der Waals surface area contributed by atoms with Crippen molar-refractivity contribution in [3.8, 4) is 16.8 Å². The van der Waals surface area contributed by atoms with E-state index in [0.29, 0.717) is 0 Å². The second kappa shape index (κ2) is 12.6. The summed E-state index contributed by atoms with van der Waals surface area (Å²) in [5.74, 6) is 0. The van der Waals surface area contributed by atoms with Crippen molar-refractivity contribution in [2.45, 2.75) is 26.2 Å². The highest BCUT2D eigenvalue weighted by molar-refractivity contribution is 7.26. The Morgan fingerprint density at radius 2 is 1.22 bits per heavy atom. The Kier molecular flexibility index (Phi) is 7.62. The van der Waals surface area contributed by atoms with Gasteiger partial charge < -0.3 is 9.47 Å². The van der Waals surface area contributed by atoms with E-state index < -0.39 is 0 Å². The van der Waals surface area contributed by atoms with Crippen LogP contribution in [0.15, 0.2) is 164 Å². The minimum Gasteiger partial charge on any atom is -0.309 e. The molecule has 54 heavy (non-hydrogen) atoms. The van der Waals surface area contributed by atoms with Gasteiger partial charge in [-0.25, -0.2) is 0 Å².